The van der Waals surface area contributed by atoms with Gasteiger partial charge in [-0.05, 0) is 15.9 Å². The summed E-state index contributed by atoms with van der Waals surface area (Å²) >= 11 is 3.04. The highest BCUT2D eigenvalue weighted by molar-refractivity contribution is 9.10. The van der Waals surface area contributed by atoms with E-state index in [0.717, 1.165) is 0 Å². The average Bonchev–Trinajstić information content (AvgIpc) is 2.68. The normalized spacial score (nSPS) is 18.6. The number of urea groups is 1. The fourth-order valence-electron chi connectivity index (χ4n) is 1.62. The Morgan fingerprint density at radius 1 is 1.53 bits per heavy atom. The second kappa shape index (κ2) is 4.21. The molecule has 1 aromatic rings. The third-order valence-electron chi connectivity index (χ3n) is 2.44. The molecule has 90 valence electrons. The Hall–Kier alpha value is -1.83. The molecule has 0 unspecified atom stereocenters. The number of carbonyl (C=O) groups excluding carboxylic acids is 1. The molecule has 1 fully saturated rings. The van der Waals surface area contributed by atoms with Crippen LogP contribution in [-0.2, 0) is 0 Å². The molecule has 3 N–H and O–H groups in total. The molecule has 7 nitrogen and oxygen atoms in total. The summed E-state index contributed by atoms with van der Waals surface area (Å²) in [5.41, 5.74) is 0.162. The van der Waals surface area contributed by atoms with Crippen molar-refractivity contribution in [1.82, 2.24) is 10.6 Å². The third-order valence-corrected chi connectivity index (χ3v) is 3.04. The van der Waals surface area contributed by atoms with Crippen LogP contribution in [0.4, 0.5) is 10.5 Å². The summed E-state index contributed by atoms with van der Waals surface area (Å²) in [7, 11) is 0. The van der Waals surface area contributed by atoms with Gasteiger partial charge in [0, 0.05) is 24.2 Å². The van der Waals surface area contributed by atoms with Crippen LogP contribution in [0.25, 0.3) is 0 Å². The molecule has 0 bridgehead atoms. The van der Waals surface area contributed by atoms with Crippen molar-refractivity contribution in [3.8, 4) is 5.75 Å². The average molecular weight is 302 g/mol. The van der Waals surface area contributed by atoms with E-state index < -0.39 is 11.0 Å². The maximum atomic E-state index is 11.0. The van der Waals surface area contributed by atoms with Crippen molar-refractivity contribution in [3.63, 3.8) is 0 Å². The topological polar surface area (TPSA) is 104 Å². The van der Waals surface area contributed by atoms with Crippen LogP contribution in [0.2, 0.25) is 0 Å². The van der Waals surface area contributed by atoms with E-state index in [4.69, 9.17) is 0 Å². The molecule has 8 heteroatoms. The molecule has 0 radical (unpaired) electrons. The lowest BCUT2D eigenvalue weighted by molar-refractivity contribution is -0.385. The first kappa shape index (κ1) is 11.6. The molecule has 1 heterocycles. The number of non-ortho nitro benzene ring substituents is 1. The van der Waals surface area contributed by atoms with Gasteiger partial charge in [-0.25, -0.2) is 4.79 Å². The molecule has 1 aliphatic heterocycles. The zero-order valence-electron chi connectivity index (χ0n) is 8.44. The van der Waals surface area contributed by atoms with Crippen LogP contribution in [0.3, 0.4) is 0 Å². The molecule has 2 amide bonds. The van der Waals surface area contributed by atoms with E-state index in [2.05, 4.69) is 26.6 Å². The Bertz CT molecular complexity index is 505. The van der Waals surface area contributed by atoms with Gasteiger partial charge in [0.15, 0.2) is 0 Å². The highest BCUT2D eigenvalue weighted by Gasteiger charge is 2.27. The minimum Gasteiger partial charge on any atom is -0.506 e. The standard InChI is InChI=1S/C9H8BrN3O4/c10-6-2-4(13(16)17)1-5(8(6)14)7-3-11-9(15)12-7/h1-2,7,14H,3H2,(H2,11,12,15)/t7-/m0/s1. The van der Waals surface area contributed by atoms with Crippen LogP contribution < -0.4 is 10.6 Å². The first-order valence-corrected chi connectivity index (χ1v) is 5.49. The van der Waals surface area contributed by atoms with E-state index in [1.807, 2.05) is 0 Å². The number of nitro benzene ring substituents is 1. The van der Waals surface area contributed by atoms with E-state index in [-0.39, 0.29) is 28.5 Å². The molecule has 0 aliphatic carbocycles. The van der Waals surface area contributed by atoms with Crippen molar-refractivity contribution < 1.29 is 14.8 Å². The fourth-order valence-corrected chi connectivity index (χ4v) is 2.08. The second-order valence-corrected chi connectivity index (χ2v) is 4.38. The minimum absolute atomic E-state index is 0.107. The van der Waals surface area contributed by atoms with Gasteiger partial charge in [0.05, 0.1) is 15.4 Å². The number of amides is 2. The number of phenolic OH excluding ortho intramolecular Hbond substituents is 1. The number of nitro groups is 1. The number of benzene rings is 1. The molecule has 1 atom stereocenters. The molecule has 2 rings (SSSR count). The number of hydrogen-bond donors (Lipinski definition) is 3. The van der Waals surface area contributed by atoms with Crippen molar-refractivity contribution in [2.45, 2.75) is 6.04 Å². The molecule has 1 saturated heterocycles. The highest BCUT2D eigenvalue weighted by atomic mass is 79.9. The van der Waals surface area contributed by atoms with Gasteiger partial charge in [-0.1, -0.05) is 0 Å². The van der Waals surface area contributed by atoms with Crippen LogP contribution in [0, 0.1) is 10.1 Å². The minimum atomic E-state index is -0.558. The van der Waals surface area contributed by atoms with Gasteiger partial charge in [-0.15, -0.1) is 0 Å². The first-order valence-electron chi connectivity index (χ1n) is 4.70. The summed E-state index contributed by atoms with van der Waals surface area (Å²) in [6.45, 7) is 0.278. The molecular weight excluding hydrogens is 294 g/mol. The zero-order valence-corrected chi connectivity index (χ0v) is 10.0. The Morgan fingerprint density at radius 3 is 2.76 bits per heavy atom. The van der Waals surface area contributed by atoms with E-state index in [0.29, 0.717) is 5.56 Å². The summed E-state index contributed by atoms with van der Waals surface area (Å²) in [6, 6.07) is 1.62. The summed E-state index contributed by atoms with van der Waals surface area (Å²) < 4.78 is 0.225. The van der Waals surface area contributed by atoms with Gasteiger partial charge in [-0.2, -0.15) is 0 Å². The Labute approximate surface area is 104 Å². The summed E-state index contributed by atoms with van der Waals surface area (Å²) in [5.74, 6) is -0.107. The Kier molecular flexibility index (Phi) is 2.88. The maximum Gasteiger partial charge on any atom is 0.315 e. The molecular formula is C9H8BrN3O4. The molecule has 1 aliphatic rings. The predicted octanol–water partition coefficient (Wildman–Crippen LogP) is 1.42. The number of aromatic hydroxyl groups is 1. The summed E-state index contributed by atoms with van der Waals surface area (Å²) in [6.07, 6.45) is 0. The largest absolute Gasteiger partial charge is 0.506 e. The van der Waals surface area contributed by atoms with Crippen molar-refractivity contribution >= 4 is 27.6 Å². The lowest BCUT2D eigenvalue weighted by Gasteiger charge is -2.12. The van der Waals surface area contributed by atoms with Gasteiger partial charge in [0.1, 0.15) is 5.75 Å². The third kappa shape index (κ3) is 2.16. The molecule has 0 spiro atoms. The van der Waals surface area contributed by atoms with Crippen LogP contribution >= 0.6 is 15.9 Å². The molecule has 0 saturated carbocycles. The van der Waals surface area contributed by atoms with Gasteiger partial charge in [0.25, 0.3) is 5.69 Å². The molecule has 1 aromatic carbocycles. The predicted molar refractivity (Wildman–Crippen MR) is 61.7 cm³/mol. The molecule has 17 heavy (non-hydrogen) atoms. The quantitative estimate of drug-likeness (QED) is 0.567. The number of hydrogen-bond acceptors (Lipinski definition) is 4. The molecule has 0 aromatic heterocycles. The smallest absolute Gasteiger partial charge is 0.315 e. The zero-order chi connectivity index (χ0) is 12.6. The number of nitrogens with one attached hydrogen (secondary N) is 2. The maximum absolute atomic E-state index is 11.0. The van der Waals surface area contributed by atoms with Gasteiger partial charge in [-0.3, -0.25) is 10.1 Å². The van der Waals surface area contributed by atoms with Crippen LogP contribution in [0.1, 0.15) is 11.6 Å². The van der Waals surface area contributed by atoms with E-state index in [9.17, 15) is 20.0 Å². The van der Waals surface area contributed by atoms with E-state index >= 15 is 0 Å². The van der Waals surface area contributed by atoms with Gasteiger partial charge in [0.2, 0.25) is 0 Å². The number of phenols is 1. The Morgan fingerprint density at radius 2 is 2.24 bits per heavy atom. The van der Waals surface area contributed by atoms with Gasteiger partial charge >= 0.3 is 6.03 Å². The van der Waals surface area contributed by atoms with Crippen molar-refractivity contribution in [2.75, 3.05) is 6.54 Å². The van der Waals surface area contributed by atoms with E-state index in [1.54, 1.807) is 0 Å². The second-order valence-electron chi connectivity index (χ2n) is 3.53. The first-order chi connectivity index (χ1) is 7.99. The van der Waals surface area contributed by atoms with E-state index in [1.165, 1.54) is 12.1 Å². The van der Waals surface area contributed by atoms with Gasteiger partial charge < -0.3 is 15.7 Å². The highest BCUT2D eigenvalue weighted by Crippen LogP contribution is 2.36. The Balaban J connectivity index is 2.45. The number of halogens is 1. The SMILES string of the molecule is O=C1NC[C@@H](c2cc([N+](=O)[O-])cc(Br)c2O)N1. The monoisotopic (exact) mass is 301 g/mol. The summed E-state index contributed by atoms with van der Waals surface area (Å²) in [5, 5.41) is 25.6. The fraction of sp³-hybridized carbons (Fsp3) is 0.222. The lowest BCUT2D eigenvalue weighted by atomic mass is 10.1. The van der Waals surface area contributed by atoms with Crippen molar-refractivity contribution in [1.29, 1.82) is 0 Å². The number of nitrogens with zero attached hydrogens (tertiary/aromatic N) is 1. The van der Waals surface area contributed by atoms with Crippen LogP contribution in [0.5, 0.6) is 5.75 Å². The number of carbonyl (C=O) groups is 1. The lowest BCUT2D eigenvalue weighted by Crippen LogP contribution is -2.21. The van der Waals surface area contributed by atoms with Crippen molar-refractivity contribution in [2.24, 2.45) is 0 Å². The summed E-state index contributed by atoms with van der Waals surface area (Å²) in [4.78, 5) is 21.1. The van der Waals surface area contributed by atoms with Crippen molar-refractivity contribution in [3.05, 3.63) is 32.3 Å². The van der Waals surface area contributed by atoms with Crippen LogP contribution in [-0.4, -0.2) is 22.6 Å². The van der Waals surface area contributed by atoms with Crippen LogP contribution in [0.15, 0.2) is 16.6 Å². The number of rotatable bonds is 2.